The van der Waals surface area contributed by atoms with E-state index >= 15 is 0 Å². The van der Waals surface area contributed by atoms with Gasteiger partial charge in [-0.25, -0.2) is 0 Å². The summed E-state index contributed by atoms with van der Waals surface area (Å²) in [6.45, 7) is 3.00. The maximum atomic E-state index is 13.0. The highest BCUT2D eigenvalue weighted by Gasteiger charge is 2.42. The minimum atomic E-state index is -0.749. The third kappa shape index (κ3) is 4.55. The number of nitrogens with two attached hydrogens (primary N) is 1. The average molecular weight is 449 g/mol. The van der Waals surface area contributed by atoms with Gasteiger partial charge in [-0.15, -0.1) is 11.3 Å². The molecule has 5 nitrogen and oxygen atoms in total. The Morgan fingerprint density at radius 3 is 2.31 bits per heavy atom. The van der Waals surface area contributed by atoms with E-state index < -0.39 is 5.41 Å². The Morgan fingerprint density at radius 2 is 1.75 bits per heavy atom. The van der Waals surface area contributed by atoms with Gasteiger partial charge < -0.3 is 15.4 Å². The molecule has 6 heteroatoms. The number of ether oxygens (including phenoxy) is 1. The maximum Gasteiger partial charge on any atom is 0.254 e. The molecule has 1 saturated heterocycles. The fourth-order valence-corrected chi connectivity index (χ4v) is 5.14. The monoisotopic (exact) mass is 448 g/mol. The number of carbonyl (C=O) groups excluding carboxylic acids is 2. The summed E-state index contributed by atoms with van der Waals surface area (Å²) in [5, 5.41) is 1.89. The number of primary amides is 1. The molecule has 2 N–H and O–H groups in total. The Balaban J connectivity index is 1.52. The van der Waals surface area contributed by atoms with E-state index in [2.05, 4.69) is 12.1 Å². The van der Waals surface area contributed by atoms with Gasteiger partial charge in [-0.1, -0.05) is 36.4 Å². The van der Waals surface area contributed by atoms with Crippen LogP contribution in [0.2, 0.25) is 0 Å². The molecule has 0 radical (unpaired) electrons. The third-order valence-electron chi connectivity index (χ3n) is 6.28. The molecule has 1 aliphatic heterocycles. The zero-order valence-corrected chi connectivity index (χ0v) is 19.3. The summed E-state index contributed by atoms with van der Waals surface area (Å²) >= 11 is 1.56. The zero-order chi connectivity index (χ0) is 22.7. The van der Waals surface area contributed by atoms with Gasteiger partial charge >= 0.3 is 0 Å². The second kappa shape index (κ2) is 9.17. The van der Waals surface area contributed by atoms with Gasteiger partial charge in [0.2, 0.25) is 5.91 Å². The molecular formula is C26H28N2O3S. The van der Waals surface area contributed by atoms with Crippen LogP contribution in [-0.2, 0) is 11.2 Å². The number of methoxy groups -OCH3 is 1. The van der Waals surface area contributed by atoms with Crippen molar-refractivity contribution < 1.29 is 14.3 Å². The minimum Gasteiger partial charge on any atom is -0.497 e. The lowest BCUT2D eigenvalue weighted by Gasteiger charge is -2.41. The molecule has 1 aromatic heterocycles. The molecule has 0 aliphatic carbocycles. The number of benzene rings is 2. The van der Waals surface area contributed by atoms with Crippen LogP contribution >= 0.6 is 11.3 Å². The molecule has 2 aromatic carbocycles. The van der Waals surface area contributed by atoms with Crippen molar-refractivity contribution in [2.45, 2.75) is 26.2 Å². The van der Waals surface area contributed by atoms with E-state index in [1.54, 1.807) is 23.3 Å². The van der Waals surface area contributed by atoms with Crippen LogP contribution < -0.4 is 10.5 Å². The molecule has 32 heavy (non-hydrogen) atoms. The minimum absolute atomic E-state index is 0.0190. The van der Waals surface area contributed by atoms with Crippen LogP contribution in [0, 0.1) is 12.3 Å². The molecular weight excluding hydrogens is 420 g/mol. The van der Waals surface area contributed by atoms with Crippen LogP contribution in [0.4, 0.5) is 0 Å². The topological polar surface area (TPSA) is 72.6 Å². The Bertz CT molecular complexity index is 1100. The number of aryl methyl sites for hydroxylation is 1. The molecule has 2 amide bonds. The molecule has 166 valence electrons. The van der Waals surface area contributed by atoms with E-state index in [9.17, 15) is 9.59 Å². The van der Waals surface area contributed by atoms with Crippen LogP contribution in [0.3, 0.4) is 0 Å². The normalized spacial score (nSPS) is 18.4. The number of piperidine rings is 1. The number of rotatable bonds is 6. The zero-order valence-electron chi connectivity index (χ0n) is 18.5. The first-order valence-corrected chi connectivity index (χ1v) is 11.7. The van der Waals surface area contributed by atoms with Crippen molar-refractivity contribution in [3.8, 4) is 16.9 Å². The summed E-state index contributed by atoms with van der Waals surface area (Å²) in [6.07, 6.45) is 1.98. The predicted molar refractivity (Wildman–Crippen MR) is 128 cm³/mol. The summed E-state index contributed by atoms with van der Waals surface area (Å²) in [7, 11) is 1.65. The van der Waals surface area contributed by atoms with E-state index in [1.165, 1.54) is 0 Å². The van der Waals surface area contributed by atoms with Crippen molar-refractivity contribution in [3.05, 3.63) is 76.0 Å². The summed E-state index contributed by atoms with van der Waals surface area (Å²) in [4.78, 5) is 28.5. The number of hydrogen-bond donors (Lipinski definition) is 1. The Kier molecular flexibility index (Phi) is 6.33. The molecule has 0 spiro atoms. The fraction of sp³-hybridized carbons (Fsp3) is 0.308. The predicted octanol–water partition coefficient (Wildman–Crippen LogP) is 4.68. The summed E-state index contributed by atoms with van der Waals surface area (Å²) in [5.41, 5.74) is 9.10. The number of likely N-dealkylation sites (tertiary alicyclic amines) is 1. The highest BCUT2D eigenvalue weighted by atomic mass is 32.1. The van der Waals surface area contributed by atoms with Gasteiger partial charge in [-0.3, -0.25) is 9.59 Å². The van der Waals surface area contributed by atoms with E-state index in [0.717, 1.165) is 33.7 Å². The smallest absolute Gasteiger partial charge is 0.254 e. The van der Waals surface area contributed by atoms with Gasteiger partial charge in [0, 0.05) is 23.3 Å². The molecule has 3 aromatic rings. The average Bonchev–Trinajstić information content (AvgIpc) is 3.25. The Morgan fingerprint density at radius 1 is 1.09 bits per heavy atom. The van der Waals surface area contributed by atoms with Gasteiger partial charge in [0.1, 0.15) is 5.75 Å². The van der Waals surface area contributed by atoms with E-state index in [-0.39, 0.29) is 11.8 Å². The highest BCUT2D eigenvalue weighted by molar-refractivity contribution is 7.10. The van der Waals surface area contributed by atoms with Crippen molar-refractivity contribution in [3.63, 3.8) is 0 Å². The highest BCUT2D eigenvalue weighted by Crippen LogP contribution is 2.35. The molecule has 4 rings (SSSR count). The second-order valence-corrected chi connectivity index (χ2v) is 9.64. The van der Waals surface area contributed by atoms with Gasteiger partial charge in [0.25, 0.3) is 5.91 Å². The first kappa shape index (κ1) is 22.1. The van der Waals surface area contributed by atoms with Crippen molar-refractivity contribution in [1.29, 1.82) is 0 Å². The van der Waals surface area contributed by atoms with Crippen molar-refractivity contribution in [1.82, 2.24) is 4.90 Å². The van der Waals surface area contributed by atoms with Crippen LogP contribution in [0.1, 0.15) is 33.6 Å². The first-order chi connectivity index (χ1) is 15.4. The lowest BCUT2D eigenvalue weighted by molar-refractivity contribution is -0.130. The molecule has 1 atom stereocenters. The molecule has 2 heterocycles. The largest absolute Gasteiger partial charge is 0.497 e. The molecule has 0 saturated carbocycles. The van der Waals surface area contributed by atoms with E-state index in [4.69, 9.17) is 10.5 Å². The Hall–Kier alpha value is -3.12. The van der Waals surface area contributed by atoms with Gasteiger partial charge in [-0.05, 0) is 61.1 Å². The summed E-state index contributed by atoms with van der Waals surface area (Å²) in [5.74, 6) is 0.466. The van der Waals surface area contributed by atoms with Gasteiger partial charge in [0.05, 0.1) is 18.1 Å². The lowest BCUT2D eigenvalue weighted by Crippen LogP contribution is -2.53. The van der Waals surface area contributed by atoms with E-state index in [1.807, 2.05) is 54.8 Å². The number of thiophene rings is 1. The fourth-order valence-electron chi connectivity index (χ4n) is 4.47. The van der Waals surface area contributed by atoms with Gasteiger partial charge in [-0.2, -0.15) is 0 Å². The van der Waals surface area contributed by atoms with Crippen molar-refractivity contribution >= 4 is 23.2 Å². The number of hydrogen-bond acceptors (Lipinski definition) is 4. The van der Waals surface area contributed by atoms with Crippen LogP contribution in [0.25, 0.3) is 11.1 Å². The van der Waals surface area contributed by atoms with E-state index in [0.29, 0.717) is 31.5 Å². The molecule has 0 bridgehead atoms. The third-order valence-corrected chi connectivity index (χ3v) is 7.15. The number of amides is 2. The summed E-state index contributed by atoms with van der Waals surface area (Å²) < 4.78 is 5.23. The molecule has 1 aliphatic rings. The second-order valence-electron chi connectivity index (χ2n) is 8.52. The number of carbonyl (C=O) groups is 2. The summed E-state index contributed by atoms with van der Waals surface area (Å²) in [6, 6.07) is 18.1. The quantitative estimate of drug-likeness (QED) is 0.595. The SMILES string of the molecule is COc1ccc(-c2ccc(C[C@]3(C(N)=O)CCCN(C(=O)c4csc(C)c4)C3)cc2)cc1. The number of nitrogens with zero attached hydrogens (tertiary/aromatic N) is 1. The van der Waals surface area contributed by atoms with Crippen LogP contribution in [0.15, 0.2) is 60.0 Å². The van der Waals surface area contributed by atoms with Crippen LogP contribution in [-0.4, -0.2) is 36.9 Å². The van der Waals surface area contributed by atoms with Crippen molar-refractivity contribution in [2.24, 2.45) is 11.1 Å². The van der Waals surface area contributed by atoms with Crippen LogP contribution in [0.5, 0.6) is 5.75 Å². The lowest BCUT2D eigenvalue weighted by atomic mass is 9.74. The van der Waals surface area contributed by atoms with Crippen molar-refractivity contribution in [2.75, 3.05) is 20.2 Å². The van der Waals surface area contributed by atoms with Gasteiger partial charge in [0.15, 0.2) is 0 Å². The Labute approximate surface area is 192 Å². The molecule has 0 unspecified atom stereocenters. The first-order valence-electron chi connectivity index (χ1n) is 10.8. The molecule has 1 fully saturated rings. The standard InChI is InChI=1S/C26H28N2O3S/c1-18-14-22(16-32-18)24(29)28-13-3-12-26(17-28,25(27)30)15-19-4-6-20(7-5-19)21-8-10-23(31-2)11-9-21/h4-11,14,16H,3,12-13,15,17H2,1-2H3,(H2,27,30)/t26-/m1/s1. The maximum absolute atomic E-state index is 13.0.